The van der Waals surface area contributed by atoms with Crippen molar-refractivity contribution in [3.8, 4) is 11.8 Å². The summed E-state index contributed by atoms with van der Waals surface area (Å²) in [6.45, 7) is 7.13. The van der Waals surface area contributed by atoms with E-state index in [0.29, 0.717) is 42.4 Å². The van der Waals surface area contributed by atoms with Crippen molar-refractivity contribution in [1.29, 1.82) is 0 Å². The molecule has 3 aromatic rings. The van der Waals surface area contributed by atoms with E-state index in [1.54, 1.807) is 13.3 Å². The maximum Gasteiger partial charge on any atom is 0.226 e. The number of nitrogens with zero attached hydrogens (tertiary/aromatic N) is 6. The molecule has 0 aromatic carbocycles. The molecule has 9 nitrogen and oxygen atoms in total. The minimum absolute atomic E-state index is 0.222. The third kappa shape index (κ3) is 2.89. The van der Waals surface area contributed by atoms with E-state index in [1.807, 2.05) is 18.4 Å². The number of hydrogen-bond donors (Lipinski definition) is 1. The molecule has 0 amide bonds. The Morgan fingerprint density at radius 1 is 1.21 bits per heavy atom. The molecule has 0 atom stereocenters. The summed E-state index contributed by atoms with van der Waals surface area (Å²) < 4.78 is 14.4. The van der Waals surface area contributed by atoms with Gasteiger partial charge in [0, 0.05) is 13.2 Å². The summed E-state index contributed by atoms with van der Waals surface area (Å²) in [5.41, 5.74) is 7.74. The first-order valence-corrected chi connectivity index (χ1v) is 7.70. The second-order valence-electron chi connectivity index (χ2n) is 4.93. The zero-order valence-electron chi connectivity index (χ0n) is 13.9. The SMILES string of the molecule is CC#Cc1nc2c3ncn(CC(OCC)OCC)c3nc(N)n2n1. The van der Waals surface area contributed by atoms with Crippen molar-refractivity contribution in [2.75, 3.05) is 18.9 Å². The van der Waals surface area contributed by atoms with Crippen molar-refractivity contribution < 1.29 is 9.47 Å². The quantitative estimate of drug-likeness (QED) is 0.527. The topological polar surface area (TPSA) is 105 Å². The van der Waals surface area contributed by atoms with Crippen LogP contribution in [0.4, 0.5) is 5.95 Å². The van der Waals surface area contributed by atoms with Gasteiger partial charge in [0.15, 0.2) is 23.1 Å². The molecule has 3 rings (SSSR count). The monoisotopic (exact) mass is 329 g/mol. The highest BCUT2D eigenvalue weighted by molar-refractivity contribution is 5.86. The minimum atomic E-state index is -0.379. The maximum absolute atomic E-state index is 6.01. The number of hydrogen-bond acceptors (Lipinski definition) is 7. The van der Waals surface area contributed by atoms with E-state index < -0.39 is 0 Å². The van der Waals surface area contributed by atoms with Gasteiger partial charge in [-0.15, -0.1) is 5.10 Å². The molecule has 0 bridgehead atoms. The van der Waals surface area contributed by atoms with Gasteiger partial charge in [-0.3, -0.25) is 0 Å². The molecule has 0 aliphatic rings. The highest BCUT2D eigenvalue weighted by Gasteiger charge is 2.17. The van der Waals surface area contributed by atoms with E-state index in [9.17, 15) is 0 Å². The van der Waals surface area contributed by atoms with Crippen molar-refractivity contribution in [3.05, 3.63) is 12.2 Å². The van der Waals surface area contributed by atoms with Gasteiger partial charge in [-0.25, -0.2) is 4.98 Å². The van der Waals surface area contributed by atoms with E-state index in [4.69, 9.17) is 15.2 Å². The van der Waals surface area contributed by atoms with Crippen LogP contribution in [0.5, 0.6) is 0 Å². The van der Waals surface area contributed by atoms with Crippen LogP contribution >= 0.6 is 0 Å². The van der Waals surface area contributed by atoms with Crippen molar-refractivity contribution in [3.63, 3.8) is 0 Å². The second-order valence-corrected chi connectivity index (χ2v) is 4.93. The van der Waals surface area contributed by atoms with Crippen LogP contribution in [-0.2, 0) is 16.0 Å². The number of nitrogen functional groups attached to an aromatic ring is 1. The lowest BCUT2D eigenvalue weighted by atomic mass is 10.5. The first kappa shape index (κ1) is 16.2. The summed E-state index contributed by atoms with van der Waals surface area (Å²) in [7, 11) is 0. The number of ether oxygens (including phenoxy) is 2. The third-order valence-electron chi connectivity index (χ3n) is 3.35. The first-order chi connectivity index (χ1) is 11.7. The average molecular weight is 329 g/mol. The van der Waals surface area contributed by atoms with Gasteiger partial charge in [-0.05, 0) is 26.7 Å². The van der Waals surface area contributed by atoms with Crippen LogP contribution < -0.4 is 5.73 Å². The molecular formula is C15H19N7O2. The molecular weight excluding hydrogens is 310 g/mol. The van der Waals surface area contributed by atoms with Gasteiger partial charge in [0.2, 0.25) is 11.8 Å². The Bertz CT molecular complexity index is 913. The molecule has 0 saturated carbocycles. The second kappa shape index (κ2) is 6.82. The summed E-state index contributed by atoms with van der Waals surface area (Å²) >= 11 is 0. The fraction of sp³-hybridized carbons (Fsp3) is 0.467. The number of aromatic nitrogens is 6. The lowest BCUT2D eigenvalue weighted by molar-refractivity contribution is -0.143. The van der Waals surface area contributed by atoms with Crippen molar-refractivity contribution in [2.45, 2.75) is 33.6 Å². The van der Waals surface area contributed by atoms with Crippen LogP contribution in [0.15, 0.2) is 6.33 Å². The van der Waals surface area contributed by atoms with E-state index in [-0.39, 0.29) is 12.2 Å². The number of anilines is 1. The Morgan fingerprint density at radius 3 is 2.62 bits per heavy atom. The summed E-state index contributed by atoms with van der Waals surface area (Å²) in [5, 5.41) is 4.23. The Labute approximate surface area is 138 Å². The lowest BCUT2D eigenvalue weighted by Crippen LogP contribution is -2.23. The van der Waals surface area contributed by atoms with E-state index >= 15 is 0 Å². The fourth-order valence-electron chi connectivity index (χ4n) is 2.42. The molecule has 0 aliphatic heterocycles. The van der Waals surface area contributed by atoms with Crippen LogP contribution in [0.3, 0.4) is 0 Å². The summed E-state index contributed by atoms with van der Waals surface area (Å²) in [6, 6.07) is 0. The Balaban J connectivity index is 2.06. The van der Waals surface area contributed by atoms with Gasteiger partial charge < -0.3 is 19.8 Å². The van der Waals surface area contributed by atoms with Gasteiger partial charge in [0.25, 0.3) is 0 Å². The Kier molecular flexibility index (Phi) is 4.59. The van der Waals surface area contributed by atoms with Gasteiger partial charge in [-0.2, -0.15) is 14.5 Å². The van der Waals surface area contributed by atoms with Crippen LogP contribution in [0, 0.1) is 11.8 Å². The maximum atomic E-state index is 6.01. The molecule has 0 aliphatic carbocycles. The van der Waals surface area contributed by atoms with Crippen LogP contribution in [0.2, 0.25) is 0 Å². The summed E-state index contributed by atoms with van der Waals surface area (Å²) in [6.07, 6.45) is 1.29. The zero-order valence-corrected chi connectivity index (χ0v) is 13.9. The molecule has 0 spiro atoms. The average Bonchev–Trinajstić information content (AvgIpc) is 3.13. The van der Waals surface area contributed by atoms with Crippen LogP contribution in [0.25, 0.3) is 16.8 Å². The third-order valence-corrected chi connectivity index (χ3v) is 3.35. The summed E-state index contributed by atoms with van der Waals surface area (Å²) in [4.78, 5) is 13.2. The smallest absolute Gasteiger partial charge is 0.226 e. The largest absolute Gasteiger partial charge is 0.368 e. The first-order valence-electron chi connectivity index (χ1n) is 7.70. The molecule has 9 heteroatoms. The molecule has 3 aromatic heterocycles. The van der Waals surface area contributed by atoms with Crippen molar-refractivity contribution in [2.24, 2.45) is 0 Å². The van der Waals surface area contributed by atoms with Gasteiger partial charge >= 0.3 is 0 Å². The molecule has 24 heavy (non-hydrogen) atoms. The number of nitrogens with two attached hydrogens (primary N) is 1. The van der Waals surface area contributed by atoms with Crippen LogP contribution in [0.1, 0.15) is 26.6 Å². The molecule has 3 heterocycles. The Morgan fingerprint density at radius 2 is 1.96 bits per heavy atom. The number of fused-ring (bicyclic) bond motifs is 3. The Hall–Kier alpha value is -2.70. The summed E-state index contributed by atoms with van der Waals surface area (Å²) in [5.74, 6) is 6.18. The molecule has 2 N–H and O–H groups in total. The van der Waals surface area contributed by atoms with Crippen LogP contribution in [-0.4, -0.2) is 48.6 Å². The van der Waals surface area contributed by atoms with E-state index in [1.165, 1.54) is 4.52 Å². The highest BCUT2D eigenvalue weighted by atomic mass is 16.7. The van der Waals surface area contributed by atoms with Crippen molar-refractivity contribution in [1.82, 2.24) is 29.1 Å². The zero-order chi connectivity index (χ0) is 17.1. The predicted molar refractivity (Wildman–Crippen MR) is 88.1 cm³/mol. The highest BCUT2D eigenvalue weighted by Crippen LogP contribution is 2.19. The standard InChI is InChI=1S/C15H19N7O2/c1-4-7-10-18-14-12-13(19-15(16)22(14)20-10)21(9-17-12)8-11(23-5-2)24-6-3/h9,11H,5-6,8H2,1-3H3,(H2,16,19). The van der Waals surface area contributed by atoms with E-state index in [0.717, 1.165) is 0 Å². The van der Waals surface area contributed by atoms with Gasteiger partial charge in [0.1, 0.15) is 0 Å². The molecule has 0 radical (unpaired) electrons. The van der Waals surface area contributed by atoms with Gasteiger partial charge in [0.05, 0.1) is 12.9 Å². The van der Waals surface area contributed by atoms with Crippen molar-refractivity contribution >= 4 is 22.8 Å². The molecule has 0 fully saturated rings. The molecule has 126 valence electrons. The lowest BCUT2D eigenvalue weighted by Gasteiger charge is -2.17. The molecule has 0 unspecified atom stereocenters. The number of imidazole rings is 1. The predicted octanol–water partition coefficient (Wildman–Crippen LogP) is 0.827. The fourth-order valence-corrected chi connectivity index (χ4v) is 2.42. The number of rotatable bonds is 6. The minimum Gasteiger partial charge on any atom is -0.368 e. The normalized spacial score (nSPS) is 11.3. The van der Waals surface area contributed by atoms with E-state index in [2.05, 4.69) is 31.9 Å². The van der Waals surface area contributed by atoms with Gasteiger partial charge in [-0.1, -0.05) is 5.92 Å². The molecule has 0 saturated heterocycles.